The Bertz CT molecular complexity index is 728. The van der Waals surface area contributed by atoms with Crippen LogP contribution in [0.25, 0.3) is 0 Å². The first-order valence-corrected chi connectivity index (χ1v) is 8.20. The van der Waals surface area contributed by atoms with Crippen molar-refractivity contribution >= 4 is 11.6 Å². The molecule has 2 N–H and O–H groups in total. The second kappa shape index (κ2) is 7.90. The number of hydrogen-bond acceptors (Lipinski definition) is 5. The van der Waals surface area contributed by atoms with Gasteiger partial charge in [-0.25, -0.2) is 0 Å². The molecular weight excluding hydrogens is 320 g/mol. The van der Waals surface area contributed by atoms with Gasteiger partial charge in [-0.3, -0.25) is 4.79 Å². The van der Waals surface area contributed by atoms with Crippen molar-refractivity contribution < 1.29 is 19.0 Å². The second-order valence-corrected chi connectivity index (χ2v) is 5.77. The van der Waals surface area contributed by atoms with Crippen molar-refractivity contribution in [3.8, 4) is 11.5 Å². The van der Waals surface area contributed by atoms with E-state index in [0.717, 1.165) is 5.56 Å². The summed E-state index contributed by atoms with van der Waals surface area (Å²) < 4.78 is 16.5. The van der Waals surface area contributed by atoms with Gasteiger partial charge in [-0.2, -0.15) is 0 Å². The third-order valence-corrected chi connectivity index (χ3v) is 4.10. The highest BCUT2D eigenvalue weighted by Crippen LogP contribution is 2.33. The molecule has 0 aliphatic carbocycles. The average Bonchev–Trinajstić information content (AvgIpc) is 2.67. The first kappa shape index (κ1) is 17.1. The molecular formula is C19H22N2O4. The van der Waals surface area contributed by atoms with Crippen molar-refractivity contribution in [2.75, 3.05) is 39.1 Å². The SMILES string of the molecule is COc1cc(N)c(C(=O)N2CCOCC2)cc1OCc1ccccc1. The number of nitrogen functional groups attached to an aromatic ring is 1. The first-order valence-electron chi connectivity index (χ1n) is 8.20. The van der Waals surface area contributed by atoms with E-state index in [1.54, 1.807) is 24.1 Å². The molecule has 6 heteroatoms. The quantitative estimate of drug-likeness (QED) is 0.844. The maximum Gasteiger partial charge on any atom is 0.256 e. The molecule has 1 amide bonds. The summed E-state index contributed by atoms with van der Waals surface area (Å²) in [5.41, 5.74) is 7.89. The minimum absolute atomic E-state index is 0.118. The second-order valence-electron chi connectivity index (χ2n) is 5.77. The van der Waals surface area contributed by atoms with E-state index in [1.165, 1.54) is 0 Å². The lowest BCUT2D eigenvalue weighted by atomic mass is 10.1. The predicted molar refractivity (Wildman–Crippen MR) is 94.9 cm³/mol. The number of methoxy groups -OCH3 is 1. The lowest BCUT2D eigenvalue weighted by Crippen LogP contribution is -2.40. The van der Waals surface area contributed by atoms with Gasteiger partial charge in [0.15, 0.2) is 11.5 Å². The van der Waals surface area contributed by atoms with E-state index < -0.39 is 0 Å². The van der Waals surface area contributed by atoms with Gasteiger partial charge in [0.25, 0.3) is 5.91 Å². The van der Waals surface area contributed by atoms with Gasteiger partial charge in [0.1, 0.15) is 6.61 Å². The number of carbonyl (C=O) groups excluding carboxylic acids is 1. The molecule has 1 aliphatic rings. The molecule has 0 radical (unpaired) electrons. The molecule has 0 spiro atoms. The molecule has 2 aromatic carbocycles. The molecule has 1 fully saturated rings. The number of carbonyl (C=O) groups is 1. The van der Waals surface area contributed by atoms with Crippen LogP contribution in [0.4, 0.5) is 5.69 Å². The highest BCUT2D eigenvalue weighted by molar-refractivity contribution is 6.00. The monoisotopic (exact) mass is 342 g/mol. The van der Waals surface area contributed by atoms with Crippen LogP contribution in [0.5, 0.6) is 11.5 Å². The zero-order chi connectivity index (χ0) is 17.6. The van der Waals surface area contributed by atoms with Gasteiger partial charge in [0.05, 0.1) is 25.9 Å². The van der Waals surface area contributed by atoms with E-state index in [4.69, 9.17) is 19.9 Å². The molecule has 0 atom stereocenters. The largest absolute Gasteiger partial charge is 0.493 e. The van der Waals surface area contributed by atoms with Gasteiger partial charge >= 0.3 is 0 Å². The Morgan fingerprint density at radius 1 is 1.16 bits per heavy atom. The first-order chi connectivity index (χ1) is 12.2. The van der Waals surface area contributed by atoms with E-state index in [1.807, 2.05) is 30.3 Å². The van der Waals surface area contributed by atoms with Gasteiger partial charge in [-0.05, 0) is 11.6 Å². The zero-order valence-electron chi connectivity index (χ0n) is 14.2. The Morgan fingerprint density at radius 3 is 2.56 bits per heavy atom. The highest BCUT2D eigenvalue weighted by atomic mass is 16.5. The van der Waals surface area contributed by atoms with Crippen molar-refractivity contribution in [3.05, 3.63) is 53.6 Å². The van der Waals surface area contributed by atoms with E-state index in [0.29, 0.717) is 55.7 Å². The summed E-state index contributed by atoms with van der Waals surface area (Å²) in [5.74, 6) is 0.886. The van der Waals surface area contributed by atoms with Crippen molar-refractivity contribution in [2.24, 2.45) is 0 Å². The molecule has 0 bridgehead atoms. The van der Waals surface area contributed by atoms with Gasteiger partial charge in [0.2, 0.25) is 0 Å². The lowest BCUT2D eigenvalue weighted by molar-refractivity contribution is 0.0303. The fourth-order valence-electron chi connectivity index (χ4n) is 2.71. The Balaban J connectivity index is 1.82. The van der Waals surface area contributed by atoms with E-state index >= 15 is 0 Å². The lowest BCUT2D eigenvalue weighted by Gasteiger charge is -2.27. The fourth-order valence-corrected chi connectivity index (χ4v) is 2.71. The van der Waals surface area contributed by atoms with Crippen LogP contribution in [0.1, 0.15) is 15.9 Å². The molecule has 0 aromatic heterocycles. The van der Waals surface area contributed by atoms with E-state index in [2.05, 4.69) is 0 Å². The van der Waals surface area contributed by atoms with Crippen molar-refractivity contribution in [1.29, 1.82) is 0 Å². The third-order valence-electron chi connectivity index (χ3n) is 4.10. The van der Waals surface area contributed by atoms with Crippen LogP contribution in [-0.2, 0) is 11.3 Å². The molecule has 25 heavy (non-hydrogen) atoms. The fraction of sp³-hybridized carbons (Fsp3) is 0.316. The summed E-state index contributed by atoms with van der Waals surface area (Å²) in [7, 11) is 1.55. The summed E-state index contributed by atoms with van der Waals surface area (Å²) in [6.45, 7) is 2.58. The van der Waals surface area contributed by atoms with Crippen LogP contribution in [-0.4, -0.2) is 44.2 Å². The summed E-state index contributed by atoms with van der Waals surface area (Å²) in [6.07, 6.45) is 0. The summed E-state index contributed by atoms with van der Waals surface area (Å²) in [4.78, 5) is 14.5. The summed E-state index contributed by atoms with van der Waals surface area (Å²) in [6, 6.07) is 13.1. The average molecular weight is 342 g/mol. The summed E-state index contributed by atoms with van der Waals surface area (Å²) >= 11 is 0. The van der Waals surface area contributed by atoms with Crippen LogP contribution in [0.2, 0.25) is 0 Å². The summed E-state index contributed by atoms with van der Waals surface area (Å²) in [5, 5.41) is 0. The molecule has 1 heterocycles. The number of ether oxygens (including phenoxy) is 3. The Hall–Kier alpha value is -2.73. The van der Waals surface area contributed by atoms with Crippen molar-refractivity contribution in [3.63, 3.8) is 0 Å². The van der Waals surface area contributed by atoms with Crippen LogP contribution in [0.15, 0.2) is 42.5 Å². The van der Waals surface area contributed by atoms with E-state index in [-0.39, 0.29) is 5.91 Å². The minimum atomic E-state index is -0.118. The van der Waals surface area contributed by atoms with Crippen LogP contribution in [0, 0.1) is 0 Å². The number of morpholine rings is 1. The van der Waals surface area contributed by atoms with Gasteiger partial charge < -0.3 is 24.8 Å². The molecule has 1 aliphatic heterocycles. The topological polar surface area (TPSA) is 74.0 Å². The number of benzene rings is 2. The Morgan fingerprint density at radius 2 is 1.88 bits per heavy atom. The van der Waals surface area contributed by atoms with Gasteiger partial charge in [0, 0.05) is 24.8 Å². The molecule has 0 unspecified atom stereocenters. The molecule has 1 saturated heterocycles. The van der Waals surface area contributed by atoms with Crippen molar-refractivity contribution in [2.45, 2.75) is 6.61 Å². The molecule has 2 aromatic rings. The number of nitrogens with zero attached hydrogens (tertiary/aromatic N) is 1. The number of anilines is 1. The third kappa shape index (κ3) is 4.03. The maximum absolute atomic E-state index is 12.7. The smallest absolute Gasteiger partial charge is 0.256 e. The van der Waals surface area contributed by atoms with Crippen LogP contribution in [0.3, 0.4) is 0 Å². The molecule has 3 rings (SSSR count). The molecule has 132 valence electrons. The number of nitrogens with two attached hydrogens (primary N) is 1. The van der Waals surface area contributed by atoms with Gasteiger partial charge in [-0.1, -0.05) is 30.3 Å². The maximum atomic E-state index is 12.7. The normalized spacial score (nSPS) is 14.2. The number of hydrogen-bond donors (Lipinski definition) is 1. The van der Waals surface area contributed by atoms with Gasteiger partial charge in [-0.15, -0.1) is 0 Å². The van der Waals surface area contributed by atoms with E-state index in [9.17, 15) is 4.79 Å². The number of rotatable bonds is 5. The standard InChI is InChI=1S/C19H22N2O4/c1-23-17-12-16(20)15(19(22)21-7-9-24-10-8-21)11-18(17)25-13-14-5-3-2-4-6-14/h2-6,11-12H,7-10,13,20H2,1H3. The Labute approximate surface area is 147 Å². The molecule has 6 nitrogen and oxygen atoms in total. The Kier molecular flexibility index (Phi) is 5.40. The predicted octanol–water partition coefficient (Wildman–Crippen LogP) is 2.33. The zero-order valence-corrected chi connectivity index (χ0v) is 14.2. The molecule has 0 saturated carbocycles. The van der Waals surface area contributed by atoms with Crippen LogP contribution < -0.4 is 15.2 Å². The number of amides is 1. The van der Waals surface area contributed by atoms with Crippen molar-refractivity contribution in [1.82, 2.24) is 4.90 Å². The highest BCUT2D eigenvalue weighted by Gasteiger charge is 2.22. The van der Waals surface area contributed by atoms with Crippen LogP contribution >= 0.6 is 0 Å². The minimum Gasteiger partial charge on any atom is -0.493 e.